The van der Waals surface area contributed by atoms with Crippen LogP contribution in [0.1, 0.15) is 84.2 Å². The van der Waals surface area contributed by atoms with Gasteiger partial charge in [0.2, 0.25) is 11.8 Å². The minimum atomic E-state index is -0.804. The first-order valence-electron chi connectivity index (χ1n) is 14.6. The number of nitrogens with one attached hydrogen (secondary N) is 2. The summed E-state index contributed by atoms with van der Waals surface area (Å²) in [4.78, 5) is 52.6. The lowest BCUT2D eigenvalue weighted by atomic mass is 9.88. The standard InChI is InChI=1S/C32H39FN4O5/c1-31(2)11-12-32(42-31)13-15-37(16-14-32)19-22-8-7-21(17-25(22)33)18-34-26-6-4-5-23(24(26)20-38)30(41)36(3)27-9-10-28(39)35-29(27)40/h4-8,17,20,27,34H,9-16,18-19H2,1-3H3,(H,35,39,40). The van der Waals surface area contributed by atoms with Gasteiger partial charge in [0.05, 0.1) is 22.3 Å². The number of likely N-dealkylation sites (N-methyl/N-ethyl adjacent to an activating group) is 1. The van der Waals surface area contributed by atoms with Crippen LogP contribution in [0, 0.1) is 5.82 Å². The number of aldehydes is 1. The molecule has 2 N–H and O–H groups in total. The Labute approximate surface area is 245 Å². The van der Waals surface area contributed by atoms with Gasteiger partial charge in [-0.15, -0.1) is 0 Å². The van der Waals surface area contributed by atoms with Crippen LogP contribution in [-0.2, 0) is 27.4 Å². The van der Waals surface area contributed by atoms with Crippen molar-refractivity contribution in [2.45, 2.75) is 82.7 Å². The third kappa shape index (κ3) is 6.39. The molecule has 42 heavy (non-hydrogen) atoms. The average molecular weight is 579 g/mol. The smallest absolute Gasteiger partial charge is 0.255 e. The third-order valence-electron chi connectivity index (χ3n) is 8.89. The molecule has 9 nitrogen and oxygen atoms in total. The van der Waals surface area contributed by atoms with Crippen molar-refractivity contribution in [3.63, 3.8) is 0 Å². The Morgan fingerprint density at radius 1 is 1.17 bits per heavy atom. The maximum absolute atomic E-state index is 15.1. The zero-order valence-electron chi connectivity index (χ0n) is 24.5. The van der Waals surface area contributed by atoms with Crippen molar-refractivity contribution in [3.8, 4) is 0 Å². The van der Waals surface area contributed by atoms with E-state index in [4.69, 9.17) is 4.74 Å². The molecule has 3 fully saturated rings. The fourth-order valence-corrected chi connectivity index (χ4v) is 6.37. The van der Waals surface area contributed by atoms with Gasteiger partial charge in [-0.2, -0.15) is 0 Å². The number of anilines is 1. The molecule has 3 saturated heterocycles. The van der Waals surface area contributed by atoms with E-state index in [1.54, 1.807) is 18.2 Å². The number of ether oxygens (including phenoxy) is 1. The van der Waals surface area contributed by atoms with E-state index in [0.29, 0.717) is 29.6 Å². The normalized spacial score (nSPS) is 21.7. The van der Waals surface area contributed by atoms with E-state index < -0.39 is 17.9 Å². The SMILES string of the molecule is CN(C(=O)c1cccc(NCc2ccc(CN3CCC4(CC3)CCC(C)(C)O4)c(F)c2)c1C=O)C1CCC(=O)NC1=O. The molecule has 3 aliphatic rings. The van der Waals surface area contributed by atoms with Crippen molar-refractivity contribution in [3.05, 3.63) is 64.5 Å². The predicted molar refractivity (Wildman–Crippen MR) is 155 cm³/mol. The molecule has 1 unspecified atom stereocenters. The molecule has 3 amide bonds. The molecule has 1 spiro atoms. The van der Waals surface area contributed by atoms with Crippen LogP contribution < -0.4 is 10.6 Å². The number of hydrogen-bond donors (Lipinski definition) is 2. The molecule has 0 radical (unpaired) electrons. The van der Waals surface area contributed by atoms with Gasteiger partial charge in [-0.1, -0.05) is 18.2 Å². The molecule has 224 valence electrons. The van der Waals surface area contributed by atoms with Crippen LogP contribution in [0.15, 0.2) is 36.4 Å². The van der Waals surface area contributed by atoms with Gasteiger partial charge in [0.15, 0.2) is 6.29 Å². The van der Waals surface area contributed by atoms with Gasteiger partial charge in [-0.05, 0) is 69.7 Å². The molecule has 0 aliphatic carbocycles. The van der Waals surface area contributed by atoms with Crippen molar-refractivity contribution >= 4 is 29.7 Å². The Balaban J connectivity index is 1.20. The number of nitrogens with zero attached hydrogens (tertiary/aromatic N) is 2. The summed E-state index contributed by atoms with van der Waals surface area (Å²) in [6.07, 6.45) is 5.03. The second kappa shape index (κ2) is 11.9. The van der Waals surface area contributed by atoms with Crippen molar-refractivity contribution in [2.24, 2.45) is 0 Å². The molecule has 1 atom stereocenters. The predicted octanol–water partition coefficient (Wildman–Crippen LogP) is 4.05. The largest absolute Gasteiger partial charge is 0.380 e. The number of likely N-dealkylation sites (tertiary alicyclic amines) is 1. The molecular weight excluding hydrogens is 539 g/mol. The number of rotatable bonds is 8. The lowest BCUT2D eigenvalue weighted by Gasteiger charge is -2.40. The Kier molecular flexibility index (Phi) is 8.48. The van der Waals surface area contributed by atoms with Crippen molar-refractivity contribution in [2.75, 3.05) is 25.5 Å². The maximum atomic E-state index is 15.1. The van der Waals surface area contributed by atoms with Gasteiger partial charge in [0.1, 0.15) is 11.9 Å². The Hall–Kier alpha value is -3.63. The fraction of sp³-hybridized carbons (Fsp3) is 0.500. The molecule has 0 saturated carbocycles. The van der Waals surface area contributed by atoms with Gasteiger partial charge < -0.3 is 15.0 Å². The number of piperidine rings is 2. The second-order valence-electron chi connectivity index (χ2n) is 12.4. The first-order chi connectivity index (χ1) is 20.0. The Morgan fingerprint density at radius 3 is 2.57 bits per heavy atom. The van der Waals surface area contributed by atoms with E-state index in [1.807, 2.05) is 6.07 Å². The van der Waals surface area contributed by atoms with E-state index >= 15 is 4.39 Å². The maximum Gasteiger partial charge on any atom is 0.255 e. The molecule has 2 aromatic rings. The third-order valence-corrected chi connectivity index (χ3v) is 8.89. The number of benzene rings is 2. The summed E-state index contributed by atoms with van der Waals surface area (Å²) in [6, 6.07) is 9.22. The number of carbonyl (C=O) groups excluding carboxylic acids is 4. The van der Waals surface area contributed by atoms with Gasteiger partial charge in [-0.25, -0.2) is 4.39 Å². The summed E-state index contributed by atoms with van der Waals surface area (Å²) in [7, 11) is 1.48. The molecule has 10 heteroatoms. The monoisotopic (exact) mass is 578 g/mol. The molecule has 0 aromatic heterocycles. The number of imide groups is 1. The summed E-state index contributed by atoms with van der Waals surface area (Å²) in [5, 5.41) is 5.40. The van der Waals surface area contributed by atoms with Gasteiger partial charge in [0, 0.05) is 50.9 Å². The lowest BCUT2D eigenvalue weighted by molar-refractivity contribution is -0.136. The summed E-state index contributed by atoms with van der Waals surface area (Å²) in [6.45, 7) is 6.84. The zero-order valence-corrected chi connectivity index (χ0v) is 24.5. The number of hydrogen-bond acceptors (Lipinski definition) is 7. The highest BCUT2D eigenvalue weighted by Crippen LogP contribution is 2.43. The molecule has 2 aromatic carbocycles. The van der Waals surface area contributed by atoms with Crippen LogP contribution in [0.4, 0.5) is 10.1 Å². The van der Waals surface area contributed by atoms with E-state index in [9.17, 15) is 19.2 Å². The summed E-state index contributed by atoms with van der Waals surface area (Å²) in [5.41, 5.74) is 1.96. The molecule has 0 bridgehead atoms. The molecule has 3 aliphatic heterocycles. The van der Waals surface area contributed by atoms with Crippen LogP contribution >= 0.6 is 0 Å². The van der Waals surface area contributed by atoms with Crippen LogP contribution in [0.5, 0.6) is 0 Å². The molecular formula is C32H39FN4O5. The highest BCUT2D eigenvalue weighted by Gasteiger charge is 2.45. The highest BCUT2D eigenvalue weighted by atomic mass is 19.1. The molecule has 5 rings (SSSR count). The number of amides is 3. The van der Waals surface area contributed by atoms with Crippen molar-refractivity contribution in [1.29, 1.82) is 0 Å². The number of halogens is 1. The van der Waals surface area contributed by atoms with Crippen molar-refractivity contribution in [1.82, 2.24) is 15.1 Å². The van der Waals surface area contributed by atoms with Crippen molar-refractivity contribution < 1.29 is 28.3 Å². The summed E-state index contributed by atoms with van der Waals surface area (Å²) < 4.78 is 21.5. The minimum absolute atomic E-state index is 0.0310. The highest BCUT2D eigenvalue weighted by molar-refractivity contribution is 6.07. The first-order valence-corrected chi connectivity index (χ1v) is 14.6. The van der Waals surface area contributed by atoms with E-state index in [1.165, 1.54) is 24.1 Å². The zero-order chi connectivity index (χ0) is 30.1. The van der Waals surface area contributed by atoms with Gasteiger partial charge >= 0.3 is 0 Å². The van der Waals surface area contributed by atoms with Gasteiger partial charge in [0.25, 0.3) is 5.91 Å². The average Bonchev–Trinajstić information content (AvgIpc) is 3.27. The first kappa shape index (κ1) is 29.8. The Bertz CT molecular complexity index is 1380. The van der Waals surface area contributed by atoms with Crippen LogP contribution in [0.3, 0.4) is 0 Å². The quantitative estimate of drug-likeness (QED) is 0.360. The van der Waals surface area contributed by atoms with Crippen LogP contribution in [-0.4, -0.2) is 71.2 Å². The topological polar surface area (TPSA) is 108 Å². The molecule has 3 heterocycles. The van der Waals surface area contributed by atoms with E-state index in [2.05, 4.69) is 29.4 Å². The fourth-order valence-electron chi connectivity index (χ4n) is 6.37. The number of carbonyl (C=O) groups is 4. The van der Waals surface area contributed by atoms with Crippen LogP contribution in [0.2, 0.25) is 0 Å². The van der Waals surface area contributed by atoms with Crippen LogP contribution in [0.25, 0.3) is 0 Å². The lowest BCUT2D eigenvalue weighted by Crippen LogP contribution is -2.53. The van der Waals surface area contributed by atoms with Gasteiger partial charge in [-0.3, -0.25) is 29.4 Å². The summed E-state index contributed by atoms with van der Waals surface area (Å²) >= 11 is 0. The van der Waals surface area contributed by atoms with E-state index in [0.717, 1.165) is 38.8 Å². The minimum Gasteiger partial charge on any atom is -0.380 e. The second-order valence-corrected chi connectivity index (χ2v) is 12.4. The van der Waals surface area contributed by atoms with E-state index in [-0.39, 0.29) is 53.4 Å². The summed E-state index contributed by atoms with van der Waals surface area (Å²) in [5.74, 6) is -1.69. The Morgan fingerprint density at radius 2 is 1.93 bits per heavy atom.